The van der Waals surface area contributed by atoms with Crippen LogP contribution in [0.4, 0.5) is 4.39 Å². The number of carbonyl (C=O) groups is 1. The zero-order valence-corrected chi connectivity index (χ0v) is 16.8. The number of halogens is 1. The standard InChI is InChI=1S/C22H23FN4O3/c1-3-30-21-7-5-17(11-26-21)19-12-24-13-20(27-19)22(29)25-9-8-16-10-15(14(2)28)4-6-18(16)23/h4-7,10-14,28H,3,8-9H2,1-2H3,(H,25,29). The monoisotopic (exact) mass is 410 g/mol. The molecule has 0 aliphatic carbocycles. The second-order valence-electron chi connectivity index (χ2n) is 6.64. The first-order chi connectivity index (χ1) is 14.5. The Morgan fingerprint density at radius 2 is 2.07 bits per heavy atom. The van der Waals surface area contributed by atoms with Crippen molar-refractivity contribution in [1.29, 1.82) is 0 Å². The molecule has 1 amide bonds. The zero-order valence-electron chi connectivity index (χ0n) is 16.8. The Hall–Kier alpha value is -3.39. The molecule has 0 saturated carbocycles. The lowest BCUT2D eigenvalue weighted by atomic mass is 10.0. The quantitative estimate of drug-likeness (QED) is 0.592. The van der Waals surface area contributed by atoms with Crippen molar-refractivity contribution in [2.45, 2.75) is 26.4 Å². The third-order valence-electron chi connectivity index (χ3n) is 4.42. The van der Waals surface area contributed by atoms with Gasteiger partial charge in [0.1, 0.15) is 11.5 Å². The summed E-state index contributed by atoms with van der Waals surface area (Å²) in [6, 6.07) is 7.98. The van der Waals surface area contributed by atoms with E-state index in [1.165, 1.54) is 12.3 Å². The molecule has 1 unspecified atom stereocenters. The van der Waals surface area contributed by atoms with Crippen molar-refractivity contribution in [3.63, 3.8) is 0 Å². The number of aromatic nitrogens is 3. The lowest BCUT2D eigenvalue weighted by Crippen LogP contribution is -2.27. The summed E-state index contributed by atoms with van der Waals surface area (Å²) < 4.78 is 19.3. The SMILES string of the molecule is CCOc1ccc(-c2cncc(C(=O)NCCc3cc(C(C)O)ccc3F)n2)cn1. The number of hydrogen-bond acceptors (Lipinski definition) is 6. The molecule has 156 valence electrons. The lowest BCUT2D eigenvalue weighted by molar-refractivity contribution is 0.0948. The second-order valence-corrected chi connectivity index (χ2v) is 6.64. The van der Waals surface area contributed by atoms with Gasteiger partial charge in [0.2, 0.25) is 5.88 Å². The first kappa shape index (κ1) is 21.3. The Morgan fingerprint density at radius 1 is 1.23 bits per heavy atom. The molecule has 0 saturated heterocycles. The molecule has 0 fully saturated rings. The molecule has 2 heterocycles. The molecule has 1 atom stereocenters. The van der Waals surface area contributed by atoms with Crippen LogP contribution in [0.3, 0.4) is 0 Å². The van der Waals surface area contributed by atoms with Crippen LogP contribution in [-0.2, 0) is 6.42 Å². The molecular weight excluding hydrogens is 387 g/mol. The summed E-state index contributed by atoms with van der Waals surface area (Å²) in [6.45, 7) is 4.23. The Labute approximate surface area is 174 Å². The zero-order chi connectivity index (χ0) is 21.5. The van der Waals surface area contributed by atoms with Crippen molar-refractivity contribution in [2.75, 3.05) is 13.2 Å². The van der Waals surface area contributed by atoms with Crippen molar-refractivity contribution < 1.29 is 19.0 Å². The Bertz CT molecular complexity index is 1010. The van der Waals surface area contributed by atoms with Crippen LogP contribution in [0.1, 0.15) is 41.6 Å². The Balaban J connectivity index is 1.64. The number of nitrogens with one attached hydrogen (secondary N) is 1. The average Bonchev–Trinajstić information content (AvgIpc) is 2.75. The fraction of sp³-hybridized carbons (Fsp3) is 0.273. The number of ether oxygens (including phenoxy) is 1. The highest BCUT2D eigenvalue weighted by molar-refractivity contribution is 5.92. The minimum atomic E-state index is -0.686. The molecule has 0 radical (unpaired) electrons. The molecular formula is C22H23FN4O3. The topological polar surface area (TPSA) is 97.2 Å². The van der Waals surface area contributed by atoms with Gasteiger partial charge in [-0.25, -0.2) is 14.4 Å². The van der Waals surface area contributed by atoms with Crippen LogP contribution in [0, 0.1) is 5.82 Å². The van der Waals surface area contributed by atoms with E-state index in [1.54, 1.807) is 43.6 Å². The molecule has 0 spiro atoms. The summed E-state index contributed by atoms with van der Waals surface area (Å²) in [5, 5.41) is 12.4. The smallest absolute Gasteiger partial charge is 0.271 e. The largest absolute Gasteiger partial charge is 0.478 e. The average molecular weight is 410 g/mol. The number of amides is 1. The van der Waals surface area contributed by atoms with E-state index in [9.17, 15) is 14.3 Å². The van der Waals surface area contributed by atoms with E-state index in [-0.39, 0.29) is 24.5 Å². The summed E-state index contributed by atoms with van der Waals surface area (Å²) in [6.07, 6.45) is 4.12. The maximum atomic E-state index is 14.0. The highest BCUT2D eigenvalue weighted by Crippen LogP contribution is 2.19. The maximum absolute atomic E-state index is 14.0. The number of benzene rings is 1. The van der Waals surface area contributed by atoms with Crippen molar-refractivity contribution >= 4 is 5.91 Å². The van der Waals surface area contributed by atoms with Gasteiger partial charge in [-0.2, -0.15) is 0 Å². The van der Waals surface area contributed by atoms with Gasteiger partial charge in [-0.15, -0.1) is 0 Å². The van der Waals surface area contributed by atoms with E-state index in [0.29, 0.717) is 34.9 Å². The Kier molecular flexibility index (Phi) is 7.03. The fourth-order valence-corrected chi connectivity index (χ4v) is 2.83. The van der Waals surface area contributed by atoms with Crippen molar-refractivity contribution in [1.82, 2.24) is 20.3 Å². The van der Waals surface area contributed by atoms with E-state index in [2.05, 4.69) is 20.3 Å². The van der Waals surface area contributed by atoms with Gasteiger partial charge in [-0.3, -0.25) is 9.78 Å². The van der Waals surface area contributed by atoms with E-state index >= 15 is 0 Å². The highest BCUT2D eigenvalue weighted by Gasteiger charge is 2.12. The van der Waals surface area contributed by atoms with Crippen LogP contribution < -0.4 is 10.1 Å². The van der Waals surface area contributed by atoms with Gasteiger partial charge in [-0.05, 0) is 43.5 Å². The minimum Gasteiger partial charge on any atom is -0.478 e. The van der Waals surface area contributed by atoms with Gasteiger partial charge in [0, 0.05) is 24.4 Å². The first-order valence-corrected chi connectivity index (χ1v) is 9.63. The normalized spacial score (nSPS) is 11.7. The number of pyridine rings is 1. The fourth-order valence-electron chi connectivity index (χ4n) is 2.83. The van der Waals surface area contributed by atoms with E-state index in [1.807, 2.05) is 6.92 Å². The number of aliphatic hydroxyl groups excluding tert-OH is 1. The van der Waals surface area contributed by atoms with Crippen LogP contribution in [0.5, 0.6) is 5.88 Å². The van der Waals surface area contributed by atoms with Gasteiger partial charge < -0.3 is 15.2 Å². The third kappa shape index (κ3) is 5.36. The third-order valence-corrected chi connectivity index (χ3v) is 4.42. The summed E-state index contributed by atoms with van der Waals surface area (Å²) >= 11 is 0. The molecule has 0 bridgehead atoms. The molecule has 8 heteroatoms. The molecule has 2 N–H and O–H groups in total. The number of nitrogens with zero attached hydrogens (tertiary/aromatic N) is 3. The van der Waals surface area contributed by atoms with Crippen molar-refractivity contribution in [3.05, 3.63) is 71.6 Å². The summed E-state index contributed by atoms with van der Waals surface area (Å²) in [5.41, 5.74) is 2.42. The molecule has 0 aliphatic heterocycles. The van der Waals surface area contributed by atoms with E-state index in [4.69, 9.17) is 4.74 Å². The van der Waals surface area contributed by atoms with Crippen molar-refractivity contribution in [2.24, 2.45) is 0 Å². The van der Waals surface area contributed by atoms with E-state index < -0.39 is 12.0 Å². The van der Waals surface area contributed by atoms with Crippen LogP contribution in [0.25, 0.3) is 11.3 Å². The predicted molar refractivity (Wildman–Crippen MR) is 110 cm³/mol. The van der Waals surface area contributed by atoms with Crippen LogP contribution in [0.2, 0.25) is 0 Å². The Morgan fingerprint density at radius 3 is 2.77 bits per heavy atom. The van der Waals surface area contributed by atoms with Crippen LogP contribution in [0.15, 0.2) is 48.9 Å². The van der Waals surface area contributed by atoms with Gasteiger partial charge in [0.25, 0.3) is 5.91 Å². The molecule has 7 nitrogen and oxygen atoms in total. The summed E-state index contributed by atoms with van der Waals surface area (Å²) in [5.74, 6) is -0.274. The van der Waals surface area contributed by atoms with E-state index in [0.717, 1.165) is 0 Å². The minimum absolute atomic E-state index is 0.152. The molecule has 2 aromatic heterocycles. The number of rotatable bonds is 8. The molecule has 1 aromatic carbocycles. The maximum Gasteiger partial charge on any atom is 0.271 e. The predicted octanol–water partition coefficient (Wildman–Crippen LogP) is 3.10. The highest BCUT2D eigenvalue weighted by atomic mass is 19.1. The first-order valence-electron chi connectivity index (χ1n) is 9.63. The molecule has 30 heavy (non-hydrogen) atoms. The number of aliphatic hydroxyl groups is 1. The molecule has 0 aliphatic rings. The van der Waals surface area contributed by atoms with Crippen molar-refractivity contribution in [3.8, 4) is 17.1 Å². The summed E-state index contributed by atoms with van der Waals surface area (Å²) in [4.78, 5) is 25.0. The van der Waals surface area contributed by atoms with Crippen LogP contribution in [-0.4, -0.2) is 39.1 Å². The lowest BCUT2D eigenvalue weighted by Gasteiger charge is -2.10. The number of hydrogen-bond donors (Lipinski definition) is 2. The molecule has 3 rings (SSSR count). The molecule has 3 aromatic rings. The van der Waals surface area contributed by atoms with Crippen LogP contribution >= 0.6 is 0 Å². The summed E-state index contributed by atoms with van der Waals surface area (Å²) in [7, 11) is 0. The number of carbonyl (C=O) groups excluding carboxylic acids is 1. The second kappa shape index (κ2) is 9.89. The van der Waals surface area contributed by atoms with Gasteiger partial charge in [0.05, 0.1) is 30.8 Å². The van der Waals surface area contributed by atoms with Gasteiger partial charge in [0.15, 0.2) is 0 Å². The van der Waals surface area contributed by atoms with Gasteiger partial charge >= 0.3 is 0 Å². The van der Waals surface area contributed by atoms with Gasteiger partial charge in [-0.1, -0.05) is 12.1 Å².